The molecule has 0 fully saturated rings. The van der Waals surface area contributed by atoms with Crippen molar-refractivity contribution in [2.45, 2.75) is 51.5 Å². The Morgan fingerprint density at radius 1 is 1.38 bits per heavy atom. The molecule has 0 aromatic rings. The van der Waals surface area contributed by atoms with Gasteiger partial charge in [-0.05, 0) is 33.1 Å². The van der Waals surface area contributed by atoms with Crippen LogP contribution < -0.4 is 5.32 Å². The normalized spacial score (nSPS) is 13.9. The van der Waals surface area contributed by atoms with Crippen LogP contribution in [0.15, 0.2) is 0 Å². The molecular formula is C12H24BrNO2. The molecule has 96 valence electrons. The maximum Gasteiger partial charge on any atom is 0.246 e. The Balaban J connectivity index is 3.65. The minimum absolute atomic E-state index is 0.0527. The van der Waals surface area contributed by atoms with Crippen molar-refractivity contribution in [3.05, 3.63) is 0 Å². The highest BCUT2D eigenvalue weighted by Gasteiger charge is 2.13. The quantitative estimate of drug-likeness (QED) is 0.765. The molecule has 0 aliphatic rings. The van der Waals surface area contributed by atoms with E-state index in [2.05, 4.69) is 35.1 Å². The Labute approximate surface area is 107 Å². The summed E-state index contributed by atoms with van der Waals surface area (Å²) in [5.41, 5.74) is -0.261. The van der Waals surface area contributed by atoms with Crippen LogP contribution in [0.25, 0.3) is 0 Å². The molecule has 0 aromatic heterocycles. The van der Waals surface area contributed by atoms with E-state index in [4.69, 9.17) is 4.74 Å². The van der Waals surface area contributed by atoms with Crippen molar-refractivity contribution in [1.82, 2.24) is 5.32 Å². The third-order valence-corrected chi connectivity index (χ3v) is 2.58. The Bertz CT molecular complexity index is 212. The summed E-state index contributed by atoms with van der Waals surface area (Å²) in [4.78, 5) is 11.8. The fraction of sp³-hybridized carbons (Fsp3) is 0.917. The van der Waals surface area contributed by atoms with E-state index in [0.717, 1.165) is 6.42 Å². The lowest BCUT2D eigenvalue weighted by Crippen LogP contribution is -2.35. The number of amides is 1. The second kappa shape index (κ2) is 7.28. The van der Waals surface area contributed by atoms with Gasteiger partial charge in [0.15, 0.2) is 0 Å². The molecule has 0 spiro atoms. The van der Waals surface area contributed by atoms with E-state index < -0.39 is 0 Å². The van der Waals surface area contributed by atoms with Gasteiger partial charge in [-0.1, -0.05) is 29.8 Å². The van der Waals surface area contributed by atoms with Crippen LogP contribution in [-0.4, -0.2) is 29.5 Å². The fourth-order valence-corrected chi connectivity index (χ4v) is 2.06. The molecule has 3 nitrogen and oxygen atoms in total. The van der Waals surface area contributed by atoms with Crippen molar-refractivity contribution in [3.63, 3.8) is 0 Å². The van der Waals surface area contributed by atoms with Crippen LogP contribution >= 0.6 is 15.9 Å². The van der Waals surface area contributed by atoms with Gasteiger partial charge >= 0.3 is 0 Å². The summed E-state index contributed by atoms with van der Waals surface area (Å²) in [5, 5.41) is 2.85. The molecule has 0 rings (SSSR count). The van der Waals surface area contributed by atoms with Crippen molar-refractivity contribution < 1.29 is 9.53 Å². The Morgan fingerprint density at radius 2 is 1.94 bits per heavy atom. The number of alkyl halides is 1. The maximum atomic E-state index is 11.4. The standard InChI is InChI=1S/C12H24BrNO2/c1-9(2)6-10(13)7-14-11(15)8-16-12(3,4)5/h9-10H,6-8H2,1-5H3,(H,14,15). The van der Waals surface area contributed by atoms with Gasteiger partial charge in [-0.2, -0.15) is 0 Å². The lowest BCUT2D eigenvalue weighted by Gasteiger charge is -2.19. The molecule has 0 saturated heterocycles. The highest BCUT2D eigenvalue weighted by atomic mass is 79.9. The average molecular weight is 294 g/mol. The van der Waals surface area contributed by atoms with Gasteiger partial charge in [-0.3, -0.25) is 4.79 Å². The number of carbonyl (C=O) groups is 1. The van der Waals surface area contributed by atoms with Crippen LogP contribution in [0.1, 0.15) is 41.0 Å². The summed E-state index contributed by atoms with van der Waals surface area (Å²) in [6.45, 7) is 10.9. The molecule has 1 atom stereocenters. The topological polar surface area (TPSA) is 38.3 Å². The number of hydrogen-bond acceptors (Lipinski definition) is 2. The Morgan fingerprint density at radius 3 is 2.38 bits per heavy atom. The van der Waals surface area contributed by atoms with E-state index in [9.17, 15) is 4.79 Å². The third kappa shape index (κ3) is 10.4. The molecule has 16 heavy (non-hydrogen) atoms. The van der Waals surface area contributed by atoms with E-state index in [0.29, 0.717) is 17.3 Å². The van der Waals surface area contributed by atoms with Crippen LogP contribution in [0, 0.1) is 5.92 Å². The van der Waals surface area contributed by atoms with Gasteiger partial charge in [0, 0.05) is 11.4 Å². The summed E-state index contributed by atoms with van der Waals surface area (Å²) < 4.78 is 5.38. The first kappa shape index (κ1) is 15.9. The molecule has 4 heteroatoms. The van der Waals surface area contributed by atoms with Gasteiger partial charge in [0.25, 0.3) is 0 Å². The molecule has 0 aliphatic carbocycles. The number of rotatable bonds is 6. The van der Waals surface area contributed by atoms with Gasteiger partial charge in [0.1, 0.15) is 6.61 Å². The summed E-state index contributed by atoms with van der Waals surface area (Å²) in [6, 6.07) is 0. The average Bonchev–Trinajstić information content (AvgIpc) is 2.09. The van der Waals surface area contributed by atoms with E-state index in [-0.39, 0.29) is 18.1 Å². The van der Waals surface area contributed by atoms with Gasteiger partial charge in [0.05, 0.1) is 5.60 Å². The van der Waals surface area contributed by atoms with Crippen molar-refractivity contribution >= 4 is 21.8 Å². The van der Waals surface area contributed by atoms with Crippen molar-refractivity contribution in [2.24, 2.45) is 5.92 Å². The Kier molecular flexibility index (Phi) is 7.24. The largest absolute Gasteiger partial charge is 0.366 e. The Hall–Kier alpha value is -0.0900. The van der Waals surface area contributed by atoms with Crippen molar-refractivity contribution in [2.75, 3.05) is 13.2 Å². The monoisotopic (exact) mass is 293 g/mol. The van der Waals surface area contributed by atoms with Gasteiger partial charge in [-0.15, -0.1) is 0 Å². The first-order valence-corrected chi connectivity index (χ1v) is 6.67. The minimum atomic E-state index is -0.261. The number of carbonyl (C=O) groups excluding carboxylic acids is 1. The lowest BCUT2D eigenvalue weighted by molar-refractivity contribution is -0.130. The molecule has 0 heterocycles. The van der Waals surface area contributed by atoms with Gasteiger partial charge in [-0.25, -0.2) is 0 Å². The first-order valence-electron chi connectivity index (χ1n) is 5.75. The zero-order valence-corrected chi connectivity index (χ0v) is 12.6. The summed E-state index contributed by atoms with van der Waals surface area (Å²) >= 11 is 3.54. The predicted octanol–water partition coefficient (Wildman–Crippen LogP) is 2.73. The molecule has 0 radical (unpaired) electrons. The highest BCUT2D eigenvalue weighted by Crippen LogP contribution is 2.11. The van der Waals surface area contributed by atoms with E-state index in [1.165, 1.54) is 0 Å². The fourth-order valence-electron chi connectivity index (χ4n) is 1.15. The first-order chi connectivity index (χ1) is 7.20. The molecule has 1 N–H and O–H groups in total. The maximum absolute atomic E-state index is 11.4. The molecule has 0 bridgehead atoms. The van der Waals surface area contributed by atoms with Gasteiger partial charge in [0.2, 0.25) is 5.91 Å². The van der Waals surface area contributed by atoms with Crippen LogP contribution in [0.2, 0.25) is 0 Å². The zero-order valence-electron chi connectivity index (χ0n) is 11.0. The van der Waals surface area contributed by atoms with Crippen molar-refractivity contribution in [1.29, 1.82) is 0 Å². The van der Waals surface area contributed by atoms with Crippen LogP contribution in [0.3, 0.4) is 0 Å². The van der Waals surface area contributed by atoms with Gasteiger partial charge < -0.3 is 10.1 Å². The SMILES string of the molecule is CC(C)CC(Br)CNC(=O)COC(C)(C)C. The lowest BCUT2D eigenvalue weighted by atomic mass is 10.1. The van der Waals surface area contributed by atoms with E-state index in [1.807, 2.05) is 20.8 Å². The van der Waals surface area contributed by atoms with E-state index in [1.54, 1.807) is 0 Å². The number of nitrogens with one attached hydrogen (secondary N) is 1. The predicted molar refractivity (Wildman–Crippen MR) is 70.9 cm³/mol. The smallest absolute Gasteiger partial charge is 0.246 e. The number of halogens is 1. The minimum Gasteiger partial charge on any atom is -0.366 e. The summed E-state index contributed by atoms with van der Waals surface area (Å²) in [6.07, 6.45) is 1.06. The molecular weight excluding hydrogens is 270 g/mol. The molecule has 1 unspecified atom stereocenters. The molecule has 0 saturated carbocycles. The van der Waals surface area contributed by atoms with Crippen LogP contribution in [-0.2, 0) is 9.53 Å². The molecule has 0 aromatic carbocycles. The van der Waals surface area contributed by atoms with Crippen molar-refractivity contribution in [3.8, 4) is 0 Å². The summed E-state index contributed by atoms with van der Waals surface area (Å²) in [5.74, 6) is 0.579. The highest BCUT2D eigenvalue weighted by molar-refractivity contribution is 9.09. The third-order valence-electron chi connectivity index (χ3n) is 1.88. The van der Waals surface area contributed by atoms with E-state index >= 15 is 0 Å². The number of hydrogen-bond donors (Lipinski definition) is 1. The summed E-state index contributed by atoms with van der Waals surface area (Å²) in [7, 11) is 0. The zero-order chi connectivity index (χ0) is 12.8. The molecule has 0 aliphatic heterocycles. The second-order valence-corrected chi connectivity index (χ2v) is 6.73. The molecule has 1 amide bonds. The van der Waals surface area contributed by atoms with Crippen LogP contribution in [0.5, 0.6) is 0 Å². The second-order valence-electron chi connectivity index (χ2n) is 5.43. The number of ether oxygens (including phenoxy) is 1. The van der Waals surface area contributed by atoms with Crippen LogP contribution in [0.4, 0.5) is 0 Å².